The van der Waals surface area contributed by atoms with Crippen molar-refractivity contribution in [1.29, 1.82) is 0 Å². The lowest BCUT2D eigenvalue weighted by atomic mass is 9.99. The summed E-state index contributed by atoms with van der Waals surface area (Å²) in [7, 11) is 0. The number of rotatable bonds is 7. The Morgan fingerprint density at radius 1 is 1.09 bits per heavy atom. The minimum atomic E-state index is -1.46. The van der Waals surface area contributed by atoms with E-state index in [1.165, 1.54) is 0 Å². The van der Waals surface area contributed by atoms with Gasteiger partial charge in [0, 0.05) is 0 Å². The molecule has 0 saturated carbocycles. The van der Waals surface area contributed by atoms with E-state index >= 15 is 0 Å². The summed E-state index contributed by atoms with van der Waals surface area (Å²) in [5.74, 6) is 0. The molecule has 0 spiro atoms. The van der Waals surface area contributed by atoms with Gasteiger partial charge in [0.1, 0.15) is 24.4 Å². The number of hydrogen-bond acceptors (Lipinski definition) is 7. The second kappa shape index (κ2) is 9.48. The summed E-state index contributed by atoms with van der Waals surface area (Å²) in [6.07, 6.45) is -2.97. The van der Waals surface area contributed by atoms with Crippen LogP contribution in [0, 0.1) is 0 Å². The van der Waals surface area contributed by atoms with Crippen LogP contribution in [0.1, 0.15) is 27.2 Å². The number of aliphatic hydroxyl groups excluding tert-OH is 5. The number of ether oxygens (including phenoxy) is 2. The van der Waals surface area contributed by atoms with Crippen LogP contribution in [0.5, 0.6) is 0 Å². The first-order valence-corrected chi connectivity index (χ1v) is 7.68. The molecule has 0 aliphatic carbocycles. The monoisotopic (exact) mass is 332 g/mol. The lowest BCUT2D eigenvalue weighted by Crippen LogP contribution is -2.59. The van der Waals surface area contributed by atoms with Gasteiger partial charge in [-0.05, 0) is 32.8 Å². The highest BCUT2D eigenvalue weighted by Gasteiger charge is 2.43. The molecule has 5 N–H and O–H groups in total. The van der Waals surface area contributed by atoms with Gasteiger partial charge in [-0.3, -0.25) is 0 Å². The number of aliphatic hydroxyl groups is 5. The molecule has 1 saturated heterocycles. The molecule has 1 fully saturated rings. The molecule has 23 heavy (non-hydrogen) atoms. The summed E-state index contributed by atoms with van der Waals surface area (Å²) in [5, 5.41) is 48.2. The fourth-order valence-corrected chi connectivity index (χ4v) is 2.15. The van der Waals surface area contributed by atoms with E-state index in [1.54, 1.807) is 13.0 Å². The highest BCUT2D eigenvalue weighted by Crippen LogP contribution is 2.22. The summed E-state index contributed by atoms with van der Waals surface area (Å²) in [6, 6.07) is 0. The second-order valence-corrected chi connectivity index (χ2v) is 6.01. The zero-order valence-corrected chi connectivity index (χ0v) is 13.8. The molecule has 7 nitrogen and oxygen atoms in total. The van der Waals surface area contributed by atoms with E-state index in [2.05, 4.69) is 0 Å². The van der Waals surface area contributed by atoms with E-state index < -0.39 is 43.4 Å². The van der Waals surface area contributed by atoms with E-state index in [4.69, 9.17) is 14.6 Å². The van der Waals surface area contributed by atoms with Gasteiger partial charge in [0.2, 0.25) is 0 Å². The Bertz CT molecular complexity index is 415. The van der Waals surface area contributed by atoms with Crippen molar-refractivity contribution in [3.8, 4) is 0 Å². The van der Waals surface area contributed by atoms with Gasteiger partial charge in [0.15, 0.2) is 6.29 Å². The van der Waals surface area contributed by atoms with Crippen molar-refractivity contribution < 1.29 is 35.0 Å². The lowest BCUT2D eigenvalue weighted by molar-refractivity contribution is -0.298. The first-order chi connectivity index (χ1) is 10.8. The summed E-state index contributed by atoms with van der Waals surface area (Å²) in [6.45, 7) is 5.23. The fourth-order valence-electron chi connectivity index (χ4n) is 2.15. The highest BCUT2D eigenvalue weighted by atomic mass is 16.7. The summed E-state index contributed by atoms with van der Waals surface area (Å²) in [5.41, 5.74) is 1.83. The van der Waals surface area contributed by atoms with Crippen LogP contribution in [-0.4, -0.2) is 75.6 Å². The first kappa shape index (κ1) is 20.2. The van der Waals surface area contributed by atoms with Crippen molar-refractivity contribution in [1.82, 2.24) is 0 Å². The van der Waals surface area contributed by atoms with E-state index in [0.717, 1.165) is 5.57 Å². The molecular weight excluding hydrogens is 304 g/mol. The Kier molecular flexibility index (Phi) is 8.35. The van der Waals surface area contributed by atoms with Gasteiger partial charge >= 0.3 is 0 Å². The quantitative estimate of drug-likeness (QED) is 0.397. The van der Waals surface area contributed by atoms with E-state index in [0.29, 0.717) is 12.0 Å². The zero-order chi connectivity index (χ0) is 17.6. The SMILES string of the molecule is CC(C)=CC[C@@H](O)/C(C)=C/CO[C@@H]1O[C@H](CO)[C@@H](O)[C@H](O)[C@H]1O. The minimum Gasteiger partial charge on any atom is -0.394 e. The van der Waals surface area contributed by atoms with Gasteiger partial charge in [-0.2, -0.15) is 0 Å². The smallest absolute Gasteiger partial charge is 0.187 e. The Morgan fingerprint density at radius 2 is 1.74 bits per heavy atom. The summed E-state index contributed by atoms with van der Waals surface area (Å²) >= 11 is 0. The summed E-state index contributed by atoms with van der Waals surface area (Å²) in [4.78, 5) is 0. The van der Waals surface area contributed by atoms with Crippen molar-refractivity contribution in [2.24, 2.45) is 0 Å². The molecule has 1 aliphatic rings. The average molecular weight is 332 g/mol. The molecule has 6 atom stereocenters. The van der Waals surface area contributed by atoms with Crippen molar-refractivity contribution in [3.63, 3.8) is 0 Å². The van der Waals surface area contributed by atoms with Crippen LogP contribution in [0.25, 0.3) is 0 Å². The molecule has 134 valence electrons. The van der Waals surface area contributed by atoms with Crippen molar-refractivity contribution in [3.05, 3.63) is 23.3 Å². The zero-order valence-electron chi connectivity index (χ0n) is 13.8. The molecule has 0 aromatic heterocycles. The Balaban J connectivity index is 2.53. The molecule has 1 rings (SSSR count). The third-order valence-electron chi connectivity index (χ3n) is 3.79. The van der Waals surface area contributed by atoms with Gasteiger partial charge in [-0.15, -0.1) is 0 Å². The Hall–Kier alpha value is -0.800. The van der Waals surface area contributed by atoms with E-state index in [-0.39, 0.29) is 6.61 Å². The van der Waals surface area contributed by atoms with Gasteiger partial charge in [0.05, 0.1) is 19.3 Å². The van der Waals surface area contributed by atoms with Crippen LogP contribution in [0.3, 0.4) is 0 Å². The second-order valence-electron chi connectivity index (χ2n) is 6.01. The predicted octanol–water partition coefficient (Wildman–Crippen LogP) is -0.534. The van der Waals surface area contributed by atoms with E-state index in [1.807, 2.05) is 19.9 Å². The molecule has 0 bridgehead atoms. The number of allylic oxidation sites excluding steroid dienone is 1. The standard InChI is InChI=1S/C16H28O7/c1-9(2)4-5-11(18)10(3)6-7-22-16-15(21)14(20)13(19)12(8-17)23-16/h4,6,11-21H,5,7-8H2,1-3H3/b10-6+/t11-,12-,13-,14+,15-,16-/m1/s1. The first-order valence-electron chi connectivity index (χ1n) is 7.68. The maximum absolute atomic E-state index is 9.96. The largest absolute Gasteiger partial charge is 0.394 e. The third-order valence-corrected chi connectivity index (χ3v) is 3.79. The van der Waals surface area contributed by atoms with Gasteiger partial charge < -0.3 is 35.0 Å². The van der Waals surface area contributed by atoms with Gasteiger partial charge in [-0.1, -0.05) is 17.7 Å². The molecule has 7 heteroatoms. The van der Waals surface area contributed by atoms with Crippen LogP contribution in [-0.2, 0) is 9.47 Å². The molecule has 0 amide bonds. The van der Waals surface area contributed by atoms with Crippen LogP contribution in [0.4, 0.5) is 0 Å². The maximum Gasteiger partial charge on any atom is 0.187 e. The van der Waals surface area contributed by atoms with Crippen LogP contribution in [0.15, 0.2) is 23.3 Å². The molecule has 0 radical (unpaired) electrons. The summed E-state index contributed by atoms with van der Waals surface area (Å²) < 4.78 is 10.6. The van der Waals surface area contributed by atoms with Gasteiger partial charge in [-0.25, -0.2) is 0 Å². The highest BCUT2D eigenvalue weighted by molar-refractivity contribution is 5.08. The normalized spacial score (nSPS) is 33.4. The third kappa shape index (κ3) is 5.96. The van der Waals surface area contributed by atoms with Gasteiger partial charge in [0.25, 0.3) is 0 Å². The van der Waals surface area contributed by atoms with Crippen molar-refractivity contribution >= 4 is 0 Å². The average Bonchev–Trinajstić information content (AvgIpc) is 2.52. The molecule has 0 unspecified atom stereocenters. The van der Waals surface area contributed by atoms with Crippen LogP contribution >= 0.6 is 0 Å². The predicted molar refractivity (Wildman–Crippen MR) is 83.5 cm³/mol. The molecular formula is C16H28O7. The Morgan fingerprint density at radius 3 is 2.30 bits per heavy atom. The van der Waals surface area contributed by atoms with Crippen LogP contribution in [0.2, 0.25) is 0 Å². The molecule has 0 aromatic rings. The fraction of sp³-hybridized carbons (Fsp3) is 0.750. The Labute approximate surface area is 136 Å². The maximum atomic E-state index is 9.96. The van der Waals surface area contributed by atoms with Crippen molar-refractivity contribution in [2.75, 3.05) is 13.2 Å². The van der Waals surface area contributed by atoms with E-state index in [9.17, 15) is 20.4 Å². The lowest BCUT2D eigenvalue weighted by Gasteiger charge is -2.39. The number of hydrogen-bond donors (Lipinski definition) is 5. The molecule has 1 heterocycles. The molecule has 1 aliphatic heterocycles. The topological polar surface area (TPSA) is 120 Å². The van der Waals surface area contributed by atoms with Crippen LogP contribution < -0.4 is 0 Å². The minimum absolute atomic E-state index is 0.0560. The van der Waals surface area contributed by atoms with Crippen molar-refractivity contribution in [2.45, 2.75) is 64.0 Å². The molecule has 0 aromatic carbocycles.